The standard InChI is InChI=1S/C9H16N2O/c1-7-10(4,5)12-11(6,8-2)9-3/h1,8-9H,2-3H2,4-6H3/q+2. The summed E-state index contributed by atoms with van der Waals surface area (Å²) in [5.74, 6) is 0. The summed E-state index contributed by atoms with van der Waals surface area (Å²) in [4.78, 5) is 5.48. The van der Waals surface area contributed by atoms with E-state index in [9.17, 15) is 0 Å². The van der Waals surface area contributed by atoms with Crippen LogP contribution in [0.2, 0.25) is 0 Å². The average molecular weight is 168 g/mol. The molecule has 0 aromatic heterocycles. The van der Waals surface area contributed by atoms with Crippen LogP contribution in [0.1, 0.15) is 0 Å². The number of nitrogens with zero attached hydrogens (tertiary/aromatic N) is 2. The van der Waals surface area contributed by atoms with Gasteiger partial charge in [-0.05, 0) is 13.2 Å². The molecule has 0 unspecified atom stereocenters. The minimum Gasteiger partial charge on any atom is -0.0774 e. The lowest BCUT2D eigenvalue weighted by atomic mass is 10.7. The Morgan fingerprint density at radius 2 is 1.67 bits per heavy atom. The van der Waals surface area contributed by atoms with E-state index in [4.69, 9.17) is 11.4 Å². The van der Waals surface area contributed by atoms with Crippen LogP contribution in [0.15, 0.2) is 25.6 Å². The predicted molar refractivity (Wildman–Crippen MR) is 48.6 cm³/mol. The lowest BCUT2D eigenvalue weighted by Crippen LogP contribution is -2.46. The quantitative estimate of drug-likeness (QED) is 0.348. The van der Waals surface area contributed by atoms with Crippen LogP contribution in [-0.4, -0.2) is 30.4 Å². The number of terminal acetylenes is 1. The molecule has 0 amide bonds. The maximum absolute atomic E-state index is 5.48. The van der Waals surface area contributed by atoms with Crippen LogP contribution in [-0.2, 0) is 4.94 Å². The molecule has 0 aromatic rings. The Hall–Kier alpha value is -1.08. The minimum absolute atomic E-state index is 0.00847. The summed E-state index contributed by atoms with van der Waals surface area (Å²) < 4.78 is 0.0751. The SMILES string of the molecule is C#C[N+](C)(C)O[N+](C)(C=C)C=C. The molecule has 0 saturated carbocycles. The van der Waals surface area contributed by atoms with Gasteiger partial charge in [-0.1, -0.05) is 15.7 Å². The molecule has 3 heteroatoms. The Morgan fingerprint density at radius 3 is 1.92 bits per heavy atom. The zero-order valence-electron chi connectivity index (χ0n) is 7.95. The zero-order chi connectivity index (χ0) is 9.83. The Morgan fingerprint density at radius 1 is 1.25 bits per heavy atom. The topological polar surface area (TPSA) is 9.23 Å². The Labute approximate surface area is 74.2 Å². The Bertz CT molecular complexity index is 217. The van der Waals surface area contributed by atoms with Gasteiger partial charge in [-0.15, -0.1) is 0 Å². The molecule has 0 heterocycles. The van der Waals surface area contributed by atoms with Crippen molar-refractivity contribution in [3.05, 3.63) is 25.6 Å². The third-order valence-corrected chi connectivity index (χ3v) is 1.42. The van der Waals surface area contributed by atoms with Gasteiger partial charge in [-0.3, -0.25) is 0 Å². The van der Waals surface area contributed by atoms with E-state index in [1.54, 1.807) is 33.5 Å². The van der Waals surface area contributed by atoms with E-state index in [0.29, 0.717) is 0 Å². The normalized spacial score (nSPS) is 11.8. The van der Waals surface area contributed by atoms with Gasteiger partial charge in [0, 0.05) is 4.94 Å². The molecule has 0 rings (SSSR count). The van der Waals surface area contributed by atoms with E-state index in [0.717, 1.165) is 0 Å². The van der Waals surface area contributed by atoms with Crippen LogP contribution < -0.4 is 0 Å². The molecular weight excluding hydrogens is 152 g/mol. The van der Waals surface area contributed by atoms with Gasteiger partial charge in [0.05, 0.1) is 0 Å². The van der Waals surface area contributed by atoms with Crippen molar-refractivity contribution < 1.29 is 14.2 Å². The van der Waals surface area contributed by atoms with Gasteiger partial charge in [0.2, 0.25) is 0 Å². The first-order valence-electron chi connectivity index (χ1n) is 3.55. The molecule has 0 saturated heterocycles. The van der Waals surface area contributed by atoms with Crippen LogP contribution in [0.4, 0.5) is 0 Å². The van der Waals surface area contributed by atoms with Gasteiger partial charge in [0.1, 0.15) is 33.5 Å². The molecule has 12 heavy (non-hydrogen) atoms. The fourth-order valence-corrected chi connectivity index (χ4v) is 0.605. The highest BCUT2D eigenvalue weighted by molar-refractivity contribution is 4.66. The molecule has 3 nitrogen and oxygen atoms in total. The zero-order valence-corrected chi connectivity index (χ0v) is 7.95. The van der Waals surface area contributed by atoms with Crippen LogP contribution >= 0.6 is 0 Å². The smallest absolute Gasteiger partial charge is 0.0774 e. The molecule has 0 fully saturated rings. The molecule has 0 aliphatic heterocycles. The van der Waals surface area contributed by atoms with E-state index >= 15 is 0 Å². The highest BCUT2D eigenvalue weighted by atomic mass is 16.9. The highest BCUT2D eigenvalue weighted by Crippen LogP contribution is 2.11. The van der Waals surface area contributed by atoms with E-state index < -0.39 is 0 Å². The maximum Gasteiger partial charge on any atom is 0.174 e. The molecule has 0 aromatic carbocycles. The van der Waals surface area contributed by atoms with Crippen molar-refractivity contribution in [3.8, 4) is 12.5 Å². The number of hydroxylamine groups is 6. The number of hydrogen-bond donors (Lipinski definition) is 0. The Balaban J connectivity index is 4.54. The second kappa shape index (κ2) is 3.55. The van der Waals surface area contributed by atoms with Crippen LogP contribution in [0.25, 0.3) is 0 Å². The summed E-state index contributed by atoms with van der Waals surface area (Å²) in [5.41, 5.74) is 0. The fraction of sp³-hybridized carbons (Fsp3) is 0.333. The second-order valence-corrected chi connectivity index (χ2v) is 2.99. The first kappa shape index (κ1) is 10.9. The molecular formula is C9H16N2O+2. The Kier molecular flexibility index (Phi) is 3.23. The molecule has 0 spiro atoms. The molecule has 66 valence electrons. The van der Waals surface area contributed by atoms with Crippen molar-refractivity contribution in [2.24, 2.45) is 0 Å². The third kappa shape index (κ3) is 2.89. The summed E-state index contributed by atoms with van der Waals surface area (Å²) in [6, 6.07) is 2.47. The molecule has 0 atom stereocenters. The minimum atomic E-state index is 0.00847. The van der Waals surface area contributed by atoms with Gasteiger partial charge in [0.25, 0.3) is 0 Å². The monoisotopic (exact) mass is 168 g/mol. The van der Waals surface area contributed by atoms with Crippen LogP contribution in [0.5, 0.6) is 0 Å². The summed E-state index contributed by atoms with van der Waals surface area (Å²) in [5, 5.41) is 0. The van der Waals surface area contributed by atoms with Gasteiger partial charge in [-0.25, -0.2) is 0 Å². The van der Waals surface area contributed by atoms with E-state index in [-0.39, 0.29) is 9.29 Å². The van der Waals surface area contributed by atoms with Crippen LogP contribution in [0.3, 0.4) is 0 Å². The number of hydrogen-bond acceptors (Lipinski definition) is 1. The highest BCUT2D eigenvalue weighted by Gasteiger charge is 2.29. The summed E-state index contributed by atoms with van der Waals surface area (Å²) >= 11 is 0. The van der Waals surface area contributed by atoms with Gasteiger partial charge in [0.15, 0.2) is 6.04 Å². The second-order valence-electron chi connectivity index (χ2n) is 2.99. The largest absolute Gasteiger partial charge is 0.174 e. The summed E-state index contributed by atoms with van der Waals surface area (Å²) in [6.45, 7) is 7.24. The number of quaternary nitrogens is 2. The average Bonchev–Trinajstić information content (AvgIpc) is 2.04. The van der Waals surface area contributed by atoms with Crippen molar-refractivity contribution in [2.45, 2.75) is 0 Å². The molecule has 0 radical (unpaired) electrons. The predicted octanol–water partition coefficient (Wildman–Crippen LogP) is 1.23. The first-order valence-corrected chi connectivity index (χ1v) is 3.55. The summed E-state index contributed by atoms with van der Waals surface area (Å²) in [7, 11) is 5.30. The molecule has 0 bridgehead atoms. The van der Waals surface area contributed by atoms with Gasteiger partial charge in [-0.2, -0.15) is 0 Å². The number of rotatable bonds is 4. The first-order chi connectivity index (χ1) is 5.39. The van der Waals surface area contributed by atoms with Crippen molar-refractivity contribution in [1.29, 1.82) is 0 Å². The molecule has 0 aliphatic rings. The van der Waals surface area contributed by atoms with Gasteiger partial charge < -0.3 is 0 Å². The lowest BCUT2D eigenvalue weighted by Gasteiger charge is -2.26. The van der Waals surface area contributed by atoms with Crippen LogP contribution in [0, 0.1) is 12.5 Å². The van der Waals surface area contributed by atoms with E-state index in [1.807, 2.05) is 0 Å². The lowest BCUT2D eigenvalue weighted by molar-refractivity contribution is -1.27. The van der Waals surface area contributed by atoms with Crippen molar-refractivity contribution in [2.75, 3.05) is 21.1 Å². The summed E-state index contributed by atoms with van der Waals surface area (Å²) in [6.07, 6.45) is 8.44. The van der Waals surface area contributed by atoms with E-state index in [1.165, 1.54) is 0 Å². The third-order valence-electron chi connectivity index (χ3n) is 1.42. The maximum atomic E-state index is 5.48. The molecule has 0 aliphatic carbocycles. The van der Waals surface area contributed by atoms with Gasteiger partial charge >= 0.3 is 0 Å². The molecule has 0 N–H and O–H groups in total. The van der Waals surface area contributed by atoms with Crippen molar-refractivity contribution >= 4 is 0 Å². The van der Waals surface area contributed by atoms with E-state index in [2.05, 4.69) is 19.2 Å². The van der Waals surface area contributed by atoms with Crippen molar-refractivity contribution in [1.82, 2.24) is 0 Å². The van der Waals surface area contributed by atoms with Crippen molar-refractivity contribution in [3.63, 3.8) is 0 Å². The fourth-order valence-electron chi connectivity index (χ4n) is 0.605.